The van der Waals surface area contributed by atoms with Gasteiger partial charge < -0.3 is 9.84 Å². The number of hydrogen-bond donors (Lipinski definition) is 1. The van der Waals surface area contributed by atoms with Gasteiger partial charge >= 0.3 is 0 Å². The lowest BCUT2D eigenvalue weighted by Crippen LogP contribution is -2.48. The summed E-state index contributed by atoms with van der Waals surface area (Å²) in [5.41, 5.74) is 0.719. The van der Waals surface area contributed by atoms with E-state index in [1.807, 2.05) is 92.7 Å². The maximum atomic E-state index is 12.1. The third-order valence-corrected chi connectivity index (χ3v) is 5.66. The van der Waals surface area contributed by atoms with E-state index in [0.717, 1.165) is 16.7 Å². The molecule has 3 heteroatoms. The molecule has 0 bridgehead atoms. The van der Waals surface area contributed by atoms with Crippen LogP contribution in [0, 0.1) is 5.41 Å². The predicted octanol–water partition coefficient (Wildman–Crippen LogP) is 5.12. The fourth-order valence-electron chi connectivity index (χ4n) is 3.96. The van der Waals surface area contributed by atoms with E-state index in [0.29, 0.717) is 12.5 Å². The summed E-state index contributed by atoms with van der Waals surface area (Å²) in [6.45, 7) is 4.49. The molecule has 3 aromatic carbocycles. The number of hydrogen-bond acceptors (Lipinski definition) is 3. The first kappa shape index (κ1) is 18.5. The third kappa shape index (κ3) is 3.02. The molecule has 0 unspecified atom stereocenters. The zero-order valence-electron chi connectivity index (χ0n) is 16.2. The molecule has 0 saturated heterocycles. The molecular formula is C25H25NO2. The van der Waals surface area contributed by atoms with Gasteiger partial charge in [0.25, 0.3) is 0 Å². The second-order valence-corrected chi connectivity index (χ2v) is 7.74. The van der Waals surface area contributed by atoms with Gasteiger partial charge in [-0.2, -0.15) is 0 Å². The molecule has 142 valence electrons. The molecule has 0 aliphatic carbocycles. The fourth-order valence-corrected chi connectivity index (χ4v) is 3.96. The highest BCUT2D eigenvalue weighted by atomic mass is 16.5. The fraction of sp³-hybridized carbons (Fsp3) is 0.240. The van der Waals surface area contributed by atoms with E-state index in [1.54, 1.807) is 0 Å². The van der Waals surface area contributed by atoms with Crippen molar-refractivity contribution in [1.29, 1.82) is 0 Å². The van der Waals surface area contributed by atoms with Gasteiger partial charge in [0, 0.05) is 0 Å². The zero-order chi connectivity index (χ0) is 19.6. The SMILES string of the molecule is CC(C)(C1=N[C@@H](c2ccccc2)CO1)C(O)(c1ccccc1)c1ccccc1. The highest BCUT2D eigenvalue weighted by Crippen LogP contribution is 2.47. The van der Waals surface area contributed by atoms with E-state index >= 15 is 0 Å². The zero-order valence-corrected chi connectivity index (χ0v) is 16.2. The monoisotopic (exact) mass is 371 g/mol. The molecule has 1 aliphatic heterocycles. The van der Waals surface area contributed by atoms with Crippen molar-refractivity contribution < 1.29 is 9.84 Å². The molecule has 0 radical (unpaired) electrons. The van der Waals surface area contributed by atoms with Gasteiger partial charge in [-0.3, -0.25) is 0 Å². The minimum atomic E-state index is -1.28. The summed E-state index contributed by atoms with van der Waals surface area (Å²) in [6, 6.07) is 29.6. The van der Waals surface area contributed by atoms with E-state index in [-0.39, 0.29) is 6.04 Å². The molecule has 4 rings (SSSR count). The minimum absolute atomic E-state index is 0.0497. The van der Waals surface area contributed by atoms with Gasteiger partial charge in [-0.1, -0.05) is 91.0 Å². The lowest BCUT2D eigenvalue weighted by atomic mass is 9.67. The molecule has 3 aromatic rings. The normalized spacial score (nSPS) is 17.1. The Kier molecular flexibility index (Phi) is 4.78. The second-order valence-electron chi connectivity index (χ2n) is 7.74. The number of ether oxygens (including phenoxy) is 1. The van der Waals surface area contributed by atoms with Crippen molar-refractivity contribution in [2.24, 2.45) is 10.4 Å². The molecule has 3 nitrogen and oxygen atoms in total. The summed E-state index contributed by atoms with van der Waals surface area (Å²) < 4.78 is 6.06. The Morgan fingerprint density at radius 3 is 1.75 bits per heavy atom. The first-order valence-electron chi connectivity index (χ1n) is 9.63. The van der Waals surface area contributed by atoms with Crippen LogP contribution in [-0.2, 0) is 10.3 Å². The van der Waals surface area contributed by atoms with Gasteiger partial charge in [0.15, 0.2) is 5.90 Å². The third-order valence-electron chi connectivity index (χ3n) is 5.66. The van der Waals surface area contributed by atoms with Gasteiger partial charge in [0.1, 0.15) is 18.2 Å². The van der Waals surface area contributed by atoms with E-state index in [9.17, 15) is 5.11 Å². The molecule has 0 aromatic heterocycles. The maximum Gasteiger partial charge on any atom is 0.193 e. The van der Waals surface area contributed by atoms with Crippen molar-refractivity contribution in [2.75, 3.05) is 6.61 Å². The van der Waals surface area contributed by atoms with Crippen LogP contribution in [0.5, 0.6) is 0 Å². The summed E-state index contributed by atoms with van der Waals surface area (Å²) >= 11 is 0. The Morgan fingerprint density at radius 1 is 0.786 bits per heavy atom. The van der Waals surface area contributed by atoms with E-state index in [2.05, 4.69) is 12.1 Å². The van der Waals surface area contributed by atoms with Crippen molar-refractivity contribution in [3.05, 3.63) is 108 Å². The Labute approximate surface area is 166 Å². The Hall–Kier alpha value is -2.91. The molecule has 28 heavy (non-hydrogen) atoms. The minimum Gasteiger partial charge on any atom is -0.478 e. The van der Waals surface area contributed by atoms with Crippen LogP contribution in [0.2, 0.25) is 0 Å². The molecule has 0 amide bonds. The average Bonchev–Trinajstić information content (AvgIpc) is 3.26. The van der Waals surface area contributed by atoms with Crippen molar-refractivity contribution in [2.45, 2.75) is 25.5 Å². The van der Waals surface area contributed by atoms with Crippen molar-refractivity contribution >= 4 is 5.90 Å². The number of rotatable bonds is 5. The van der Waals surface area contributed by atoms with Crippen LogP contribution in [-0.4, -0.2) is 17.6 Å². The molecule has 1 atom stereocenters. The summed E-state index contributed by atoms with van der Waals surface area (Å²) in [5, 5.41) is 12.1. The number of benzene rings is 3. The number of aliphatic hydroxyl groups is 1. The number of aliphatic imine (C=N–C) groups is 1. The Morgan fingerprint density at radius 2 is 1.25 bits per heavy atom. The van der Waals surface area contributed by atoms with Gasteiger partial charge in [-0.05, 0) is 30.5 Å². The van der Waals surface area contributed by atoms with Crippen LogP contribution >= 0.6 is 0 Å². The molecule has 1 N–H and O–H groups in total. The maximum absolute atomic E-state index is 12.1. The lowest BCUT2D eigenvalue weighted by molar-refractivity contribution is -0.00839. The quantitative estimate of drug-likeness (QED) is 0.676. The topological polar surface area (TPSA) is 41.8 Å². The summed E-state index contributed by atoms with van der Waals surface area (Å²) in [6.07, 6.45) is 0. The van der Waals surface area contributed by atoms with Crippen LogP contribution in [0.15, 0.2) is 96.0 Å². The molecular weight excluding hydrogens is 346 g/mol. The van der Waals surface area contributed by atoms with Crippen molar-refractivity contribution in [1.82, 2.24) is 0 Å². The summed E-state index contributed by atoms with van der Waals surface area (Å²) in [4.78, 5) is 4.88. The summed E-state index contributed by atoms with van der Waals surface area (Å²) in [7, 11) is 0. The van der Waals surface area contributed by atoms with Gasteiger partial charge in [-0.25, -0.2) is 4.99 Å². The predicted molar refractivity (Wildman–Crippen MR) is 112 cm³/mol. The van der Waals surface area contributed by atoms with Crippen LogP contribution in [0.3, 0.4) is 0 Å². The molecule has 1 heterocycles. The van der Waals surface area contributed by atoms with Gasteiger partial charge in [0.05, 0.1) is 5.41 Å². The smallest absolute Gasteiger partial charge is 0.193 e. The largest absolute Gasteiger partial charge is 0.478 e. The van der Waals surface area contributed by atoms with Crippen LogP contribution < -0.4 is 0 Å². The first-order chi connectivity index (χ1) is 13.5. The van der Waals surface area contributed by atoms with Crippen molar-refractivity contribution in [3.63, 3.8) is 0 Å². The Bertz CT molecular complexity index is 910. The average molecular weight is 371 g/mol. The lowest BCUT2D eigenvalue weighted by Gasteiger charge is -2.42. The van der Waals surface area contributed by atoms with E-state index in [1.165, 1.54) is 0 Å². The highest BCUT2D eigenvalue weighted by Gasteiger charge is 2.52. The van der Waals surface area contributed by atoms with E-state index < -0.39 is 11.0 Å². The van der Waals surface area contributed by atoms with Gasteiger partial charge in [-0.15, -0.1) is 0 Å². The first-order valence-corrected chi connectivity index (χ1v) is 9.63. The standard InChI is InChI=1S/C25H25NO2/c1-24(2,23-26-22(18-28-23)19-12-6-3-7-13-19)25(27,20-14-8-4-9-15-20)21-16-10-5-11-17-21/h3-17,22,27H,18H2,1-2H3/t22-/m1/s1. The molecule has 1 aliphatic rings. The highest BCUT2D eigenvalue weighted by molar-refractivity contribution is 5.86. The van der Waals surface area contributed by atoms with Crippen molar-refractivity contribution in [3.8, 4) is 0 Å². The van der Waals surface area contributed by atoms with Crippen LogP contribution in [0.25, 0.3) is 0 Å². The second kappa shape index (κ2) is 7.25. The number of nitrogens with zero attached hydrogens (tertiary/aromatic N) is 1. The van der Waals surface area contributed by atoms with Crippen LogP contribution in [0.1, 0.15) is 36.6 Å². The molecule has 0 spiro atoms. The van der Waals surface area contributed by atoms with Crippen LogP contribution in [0.4, 0.5) is 0 Å². The Balaban J connectivity index is 1.80. The molecule has 0 saturated carbocycles. The van der Waals surface area contributed by atoms with E-state index in [4.69, 9.17) is 9.73 Å². The molecule has 0 fully saturated rings. The van der Waals surface area contributed by atoms with Gasteiger partial charge in [0.2, 0.25) is 0 Å². The summed E-state index contributed by atoms with van der Waals surface area (Å²) in [5.74, 6) is 0.580.